The predicted octanol–water partition coefficient (Wildman–Crippen LogP) is 1.77. The lowest BCUT2D eigenvalue weighted by atomic mass is 9.85. The first kappa shape index (κ1) is 16.9. The van der Waals surface area contributed by atoms with Crippen molar-refractivity contribution in [1.82, 2.24) is 29.8 Å². The molecule has 3 aromatic heterocycles. The molecule has 1 aliphatic heterocycles. The standard InChI is InChI=1S/C19H21N9/c20-13-15-19(22-8-7-21-15)27-10-2-9-26(11-12-27)17-6-5-16-23-24-18(28(16)25-17)14-3-1-4-14/h5-8,14H,1-4,9-12H2. The molecule has 3 aromatic rings. The van der Waals surface area contributed by atoms with E-state index in [0.29, 0.717) is 17.4 Å². The van der Waals surface area contributed by atoms with Crippen LogP contribution in [0, 0.1) is 11.3 Å². The molecule has 0 amide bonds. The summed E-state index contributed by atoms with van der Waals surface area (Å²) in [7, 11) is 0. The van der Waals surface area contributed by atoms with Crippen molar-refractivity contribution in [3.63, 3.8) is 0 Å². The average molecular weight is 375 g/mol. The molecule has 1 saturated carbocycles. The summed E-state index contributed by atoms with van der Waals surface area (Å²) in [5.74, 6) is 3.08. The van der Waals surface area contributed by atoms with Crippen molar-refractivity contribution in [3.05, 3.63) is 36.0 Å². The van der Waals surface area contributed by atoms with Crippen molar-refractivity contribution in [2.75, 3.05) is 36.0 Å². The van der Waals surface area contributed by atoms with Gasteiger partial charge < -0.3 is 9.80 Å². The molecule has 0 spiro atoms. The fourth-order valence-corrected chi connectivity index (χ4v) is 3.88. The van der Waals surface area contributed by atoms with Gasteiger partial charge in [-0.15, -0.1) is 15.3 Å². The van der Waals surface area contributed by atoms with Crippen molar-refractivity contribution in [1.29, 1.82) is 5.26 Å². The van der Waals surface area contributed by atoms with Gasteiger partial charge in [0.1, 0.15) is 11.9 Å². The molecule has 1 aliphatic carbocycles. The van der Waals surface area contributed by atoms with E-state index in [-0.39, 0.29) is 0 Å². The Morgan fingerprint density at radius 2 is 1.75 bits per heavy atom. The first-order valence-electron chi connectivity index (χ1n) is 9.77. The fraction of sp³-hybridized carbons (Fsp3) is 0.474. The summed E-state index contributed by atoms with van der Waals surface area (Å²) in [5, 5.41) is 22.8. The normalized spacial score (nSPS) is 18.0. The Morgan fingerprint density at radius 1 is 0.929 bits per heavy atom. The van der Waals surface area contributed by atoms with Crippen LogP contribution < -0.4 is 9.80 Å². The first-order valence-corrected chi connectivity index (χ1v) is 9.77. The Bertz CT molecular complexity index is 1030. The van der Waals surface area contributed by atoms with Gasteiger partial charge in [0, 0.05) is 44.5 Å². The molecule has 4 heterocycles. The van der Waals surface area contributed by atoms with Crippen LogP contribution >= 0.6 is 0 Å². The van der Waals surface area contributed by atoms with Gasteiger partial charge in [0.15, 0.2) is 23.0 Å². The predicted molar refractivity (Wildman–Crippen MR) is 103 cm³/mol. The summed E-state index contributed by atoms with van der Waals surface area (Å²) >= 11 is 0. The van der Waals surface area contributed by atoms with Crippen molar-refractivity contribution in [2.24, 2.45) is 0 Å². The van der Waals surface area contributed by atoms with Crippen LogP contribution in [0.5, 0.6) is 0 Å². The number of fused-ring (bicyclic) bond motifs is 1. The lowest BCUT2D eigenvalue weighted by Crippen LogP contribution is -2.32. The van der Waals surface area contributed by atoms with Crippen molar-refractivity contribution in [3.8, 4) is 6.07 Å². The Kier molecular flexibility index (Phi) is 4.24. The van der Waals surface area contributed by atoms with E-state index in [1.807, 2.05) is 16.6 Å². The molecule has 5 rings (SSSR count). The molecule has 142 valence electrons. The Labute approximate surface area is 162 Å². The lowest BCUT2D eigenvalue weighted by Gasteiger charge is -2.25. The van der Waals surface area contributed by atoms with Gasteiger partial charge in [0.2, 0.25) is 0 Å². The van der Waals surface area contributed by atoms with E-state index >= 15 is 0 Å². The second kappa shape index (κ2) is 7.03. The smallest absolute Gasteiger partial charge is 0.183 e. The Balaban J connectivity index is 1.38. The molecular formula is C19H21N9. The van der Waals surface area contributed by atoms with Gasteiger partial charge in [0.25, 0.3) is 0 Å². The highest BCUT2D eigenvalue weighted by Gasteiger charge is 2.26. The average Bonchev–Trinajstić information content (AvgIpc) is 2.94. The first-order chi connectivity index (χ1) is 13.8. The van der Waals surface area contributed by atoms with Gasteiger partial charge in [-0.25, -0.2) is 9.97 Å². The number of nitrogens with zero attached hydrogens (tertiary/aromatic N) is 9. The summed E-state index contributed by atoms with van der Waals surface area (Å²) in [5.41, 5.74) is 1.19. The van der Waals surface area contributed by atoms with Crippen LogP contribution in [0.15, 0.2) is 24.5 Å². The third kappa shape index (κ3) is 2.91. The fourth-order valence-electron chi connectivity index (χ4n) is 3.88. The largest absolute Gasteiger partial charge is 0.353 e. The highest BCUT2D eigenvalue weighted by Crippen LogP contribution is 2.35. The van der Waals surface area contributed by atoms with E-state index in [0.717, 1.165) is 49.9 Å². The van der Waals surface area contributed by atoms with E-state index in [9.17, 15) is 5.26 Å². The zero-order valence-corrected chi connectivity index (χ0v) is 15.6. The number of nitriles is 1. The molecule has 9 heteroatoms. The molecule has 0 bridgehead atoms. The monoisotopic (exact) mass is 375 g/mol. The topological polar surface area (TPSA) is 99.1 Å². The minimum Gasteiger partial charge on any atom is -0.353 e. The molecule has 0 N–H and O–H groups in total. The summed E-state index contributed by atoms with van der Waals surface area (Å²) in [4.78, 5) is 12.9. The van der Waals surface area contributed by atoms with Gasteiger partial charge in [-0.1, -0.05) is 6.42 Å². The molecule has 0 radical (unpaired) electrons. The summed E-state index contributed by atoms with van der Waals surface area (Å²) in [6.45, 7) is 3.32. The SMILES string of the molecule is N#Cc1nccnc1N1CCCN(c2ccc3nnc(C4CCC4)n3n2)CC1. The van der Waals surface area contributed by atoms with Crippen LogP contribution in [0.3, 0.4) is 0 Å². The van der Waals surface area contributed by atoms with Crippen LogP contribution in [0.1, 0.15) is 43.1 Å². The van der Waals surface area contributed by atoms with Crippen LogP contribution in [0.25, 0.3) is 5.65 Å². The molecule has 9 nitrogen and oxygen atoms in total. The molecule has 0 unspecified atom stereocenters. The molecule has 1 saturated heterocycles. The Hall–Kier alpha value is -3.28. The quantitative estimate of drug-likeness (QED) is 0.683. The van der Waals surface area contributed by atoms with Crippen molar-refractivity contribution >= 4 is 17.3 Å². The van der Waals surface area contributed by atoms with Crippen LogP contribution in [0.4, 0.5) is 11.6 Å². The van der Waals surface area contributed by atoms with Crippen molar-refractivity contribution < 1.29 is 0 Å². The second-order valence-corrected chi connectivity index (χ2v) is 7.32. The highest BCUT2D eigenvalue weighted by molar-refractivity contribution is 5.51. The van der Waals surface area contributed by atoms with Crippen LogP contribution in [0.2, 0.25) is 0 Å². The highest BCUT2D eigenvalue weighted by atomic mass is 15.4. The molecular weight excluding hydrogens is 354 g/mol. The molecule has 0 atom stereocenters. The minimum atomic E-state index is 0.380. The molecule has 2 fully saturated rings. The maximum Gasteiger partial charge on any atom is 0.183 e. The zero-order chi connectivity index (χ0) is 18.9. The summed E-state index contributed by atoms with van der Waals surface area (Å²) < 4.78 is 1.91. The summed E-state index contributed by atoms with van der Waals surface area (Å²) in [6.07, 6.45) is 7.76. The van der Waals surface area contributed by atoms with E-state index in [4.69, 9.17) is 5.10 Å². The van der Waals surface area contributed by atoms with Gasteiger partial charge >= 0.3 is 0 Å². The number of rotatable bonds is 3. The van der Waals surface area contributed by atoms with E-state index < -0.39 is 0 Å². The van der Waals surface area contributed by atoms with Gasteiger partial charge in [-0.05, 0) is 31.4 Å². The minimum absolute atomic E-state index is 0.380. The van der Waals surface area contributed by atoms with Gasteiger partial charge in [-0.3, -0.25) is 0 Å². The van der Waals surface area contributed by atoms with Crippen molar-refractivity contribution in [2.45, 2.75) is 31.6 Å². The maximum atomic E-state index is 9.31. The number of aromatic nitrogens is 6. The van der Waals surface area contributed by atoms with Crippen LogP contribution in [-0.2, 0) is 0 Å². The molecule has 28 heavy (non-hydrogen) atoms. The lowest BCUT2D eigenvalue weighted by molar-refractivity contribution is 0.395. The number of hydrogen-bond acceptors (Lipinski definition) is 8. The van der Waals surface area contributed by atoms with Gasteiger partial charge in [0.05, 0.1) is 0 Å². The molecule has 2 aliphatic rings. The maximum absolute atomic E-state index is 9.31. The van der Waals surface area contributed by atoms with Crippen LogP contribution in [-0.4, -0.2) is 56.0 Å². The summed E-state index contributed by atoms with van der Waals surface area (Å²) in [6, 6.07) is 6.16. The molecule has 0 aromatic carbocycles. The third-order valence-electron chi connectivity index (χ3n) is 5.65. The number of anilines is 2. The third-order valence-corrected chi connectivity index (χ3v) is 5.65. The zero-order valence-electron chi connectivity index (χ0n) is 15.6. The van der Waals surface area contributed by atoms with E-state index in [2.05, 4.69) is 36.0 Å². The second-order valence-electron chi connectivity index (χ2n) is 7.32. The Morgan fingerprint density at radius 3 is 2.57 bits per heavy atom. The van der Waals surface area contributed by atoms with E-state index in [1.54, 1.807) is 12.4 Å². The van der Waals surface area contributed by atoms with E-state index in [1.165, 1.54) is 19.3 Å². The van der Waals surface area contributed by atoms with Gasteiger partial charge in [-0.2, -0.15) is 9.78 Å². The number of hydrogen-bond donors (Lipinski definition) is 0.